The van der Waals surface area contributed by atoms with Gasteiger partial charge in [-0.05, 0) is 30.4 Å². The van der Waals surface area contributed by atoms with Gasteiger partial charge in [-0.15, -0.1) is 0 Å². The van der Waals surface area contributed by atoms with Crippen LogP contribution in [0.2, 0.25) is 0 Å². The molecule has 1 aliphatic rings. The molecule has 1 atom stereocenters. The van der Waals surface area contributed by atoms with Gasteiger partial charge in [0.25, 0.3) is 0 Å². The quantitative estimate of drug-likeness (QED) is 0.815. The lowest BCUT2D eigenvalue weighted by Crippen LogP contribution is -2.16. The molecule has 2 rings (SSSR count). The van der Waals surface area contributed by atoms with E-state index in [1.54, 1.807) is 0 Å². The minimum Gasteiger partial charge on any atom is -0.396 e. The van der Waals surface area contributed by atoms with Crippen LogP contribution in [-0.4, -0.2) is 11.7 Å². The fourth-order valence-electron chi connectivity index (χ4n) is 2.99. The van der Waals surface area contributed by atoms with Gasteiger partial charge in [0.15, 0.2) is 0 Å². The van der Waals surface area contributed by atoms with E-state index in [2.05, 4.69) is 34.1 Å². The summed E-state index contributed by atoms with van der Waals surface area (Å²) in [5.74, 6) is 0.963. The second kappa shape index (κ2) is 6.55. The maximum Gasteiger partial charge on any atom is 0.0502 e. The second-order valence-corrected chi connectivity index (χ2v) is 5.92. The summed E-state index contributed by atoms with van der Waals surface area (Å²) in [5, 5.41) is 9.73. The SMILES string of the molecule is OCC(c1ccccc1Br)C1CCCCCC1. The molecule has 0 amide bonds. The predicted molar refractivity (Wildman–Crippen MR) is 75.2 cm³/mol. The summed E-state index contributed by atoms with van der Waals surface area (Å²) in [7, 11) is 0. The van der Waals surface area contributed by atoms with E-state index < -0.39 is 0 Å². The molecule has 1 N–H and O–H groups in total. The van der Waals surface area contributed by atoms with Crippen molar-refractivity contribution >= 4 is 15.9 Å². The minimum absolute atomic E-state index is 0.271. The zero-order valence-electron chi connectivity index (χ0n) is 10.2. The standard InChI is InChI=1S/C15H21BrO/c16-15-10-6-5-9-13(15)14(11-17)12-7-3-1-2-4-8-12/h5-6,9-10,12,14,17H,1-4,7-8,11H2. The number of aliphatic hydroxyl groups excluding tert-OH is 1. The van der Waals surface area contributed by atoms with Crippen LogP contribution in [0, 0.1) is 5.92 Å². The minimum atomic E-state index is 0.271. The second-order valence-electron chi connectivity index (χ2n) is 5.06. The first-order valence-corrected chi connectivity index (χ1v) is 7.47. The molecule has 1 nitrogen and oxygen atoms in total. The number of aliphatic hydroxyl groups is 1. The molecule has 1 aliphatic carbocycles. The fourth-order valence-corrected chi connectivity index (χ4v) is 3.57. The van der Waals surface area contributed by atoms with Gasteiger partial charge in [0.1, 0.15) is 0 Å². The molecule has 94 valence electrons. The van der Waals surface area contributed by atoms with Crippen molar-refractivity contribution in [2.24, 2.45) is 5.92 Å². The monoisotopic (exact) mass is 296 g/mol. The van der Waals surface area contributed by atoms with E-state index in [0.29, 0.717) is 11.8 Å². The van der Waals surface area contributed by atoms with Crippen LogP contribution in [-0.2, 0) is 0 Å². The first kappa shape index (κ1) is 13.1. The molecule has 0 aromatic heterocycles. The Morgan fingerprint density at radius 3 is 2.35 bits per heavy atom. The van der Waals surface area contributed by atoms with Gasteiger partial charge in [0, 0.05) is 10.4 Å². The number of hydrogen-bond donors (Lipinski definition) is 1. The van der Waals surface area contributed by atoms with E-state index in [0.717, 1.165) is 4.47 Å². The van der Waals surface area contributed by atoms with Gasteiger partial charge in [-0.1, -0.05) is 59.8 Å². The van der Waals surface area contributed by atoms with Crippen LogP contribution < -0.4 is 0 Å². The van der Waals surface area contributed by atoms with Crippen molar-refractivity contribution in [1.82, 2.24) is 0 Å². The van der Waals surface area contributed by atoms with E-state index in [1.807, 2.05) is 6.07 Å². The van der Waals surface area contributed by atoms with Crippen LogP contribution in [0.25, 0.3) is 0 Å². The lowest BCUT2D eigenvalue weighted by molar-refractivity contribution is 0.213. The largest absolute Gasteiger partial charge is 0.396 e. The molecule has 1 saturated carbocycles. The molecule has 1 aromatic carbocycles. The molecule has 1 aromatic rings. The Balaban J connectivity index is 2.17. The average Bonchev–Trinajstić information content (AvgIpc) is 2.62. The summed E-state index contributed by atoms with van der Waals surface area (Å²) in [6, 6.07) is 8.33. The molecule has 17 heavy (non-hydrogen) atoms. The highest BCUT2D eigenvalue weighted by Crippen LogP contribution is 2.37. The lowest BCUT2D eigenvalue weighted by Gasteiger charge is -2.25. The molecule has 2 heteroatoms. The number of benzene rings is 1. The summed E-state index contributed by atoms with van der Waals surface area (Å²) in [4.78, 5) is 0. The summed E-state index contributed by atoms with van der Waals surface area (Å²) in [6.45, 7) is 0.271. The molecule has 1 fully saturated rings. The van der Waals surface area contributed by atoms with Crippen LogP contribution in [0.1, 0.15) is 50.0 Å². The normalized spacial score (nSPS) is 19.9. The van der Waals surface area contributed by atoms with Crippen molar-refractivity contribution in [2.75, 3.05) is 6.61 Å². The highest BCUT2D eigenvalue weighted by Gasteiger charge is 2.24. The summed E-state index contributed by atoms with van der Waals surface area (Å²) in [6.07, 6.45) is 7.92. The van der Waals surface area contributed by atoms with Crippen LogP contribution in [0.4, 0.5) is 0 Å². The Kier molecular flexibility index (Phi) is 5.05. The fraction of sp³-hybridized carbons (Fsp3) is 0.600. The van der Waals surface area contributed by atoms with Crippen molar-refractivity contribution < 1.29 is 5.11 Å². The van der Waals surface area contributed by atoms with Crippen LogP contribution in [0.5, 0.6) is 0 Å². The zero-order chi connectivity index (χ0) is 12.1. The maximum atomic E-state index is 9.73. The number of hydrogen-bond acceptors (Lipinski definition) is 1. The van der Waals surface area contributed by atoms with Gasteiger partial charge in [-0.3, -0.25) is 0 Å². The van der Waals surface area contributed by atoms with Gasteiger partial charge in [0.2, 0.25) is 0 Å². The van der Waals surface area contributed by atoms with E-state index in [1.165, 1.54) is 44.1 Å². The predicted octanol–water partition coefficient (Wildman–Crippen LogP) is 4.50. The first-order chi connectivity index (χ1) is 8.33. The lowest BCUT2D eigenvalue weighted by atomic mass is 9.82. The van der Waals surface area contributed by atoms with Gasteiger partial charge < -0.3 is 5.11 Å². The maximum absolute atomic E-state index is 9.73. The first-order valence-electron chi connectivity index (χ1n) is 6.68. The van der Waals surface area contributed by atoms with Gasteiger partial charge in [-0.2, -0.15) is 0 Å². The summed E-state index contributed by atoms with van der Waals surface area (Å²) < 4.78 is 1.14. The van der Waals surface area contributed by atoms with E-state index in [-0.39, 0.29) is 6.61 Å². The Bertz CT molecular complexity index is 343. The molecule has 0 saturated heterocycles. The van der Waals surface area contributed by atoms with E-state index in [9.17, 15) is 5.11 Å². The molecule has 0 radical (unpaired) electrons. The molecule has 0 spiro atoms. The van der Waals surface area contributed by atoms with E-state index in [4.69, 9.17) is 0 Å². The Labute approximate surface area is 112 Å². The Morgan fingerprint density at radius 1 is 1.12 bits per heavy atom. The molecule has 0 aliphatic heterocycles. The molecular formula is C15H21BrO. The molecule has 0 heterocycles. The number of rotatable bonds is 3. The molecule has 1 unspecified atom stereocenters. The smallest absolute Gasteiger partial charge is 0.0502 e. The highest BCUT2D eigenvalue weighted by molar-refractivity contribution is 9.10. The zero-order valence-corrected chi connectivity index (χ0v) is 11.8. The average molecular weight is 297 g/mol. The van der Waals surface area contributed by atoms with Crippen molar-refractivity contribution in [3.63, 3.8) is 0 Å². The molecular weight excluding hydrogens is 276 g/mol. The topological polar surface area (TPSA) is 20.2 Å². The third kappa shape index (κ3) is 3.32. The van der Waals surface area contributed by atoms with Crippen LogP contribution in [0.3, 0.4) is 0 Å². The van der Waals surface area contributed by atoms with Crippen molar-refractivity contribution in [3.05, 3.63) is 34.3 Å². The van der Waals surface area contributed by atoms with Crippen molar-refractivity contribution in [2.45, 2.75) is 44.4 Å². The third-order valence-electron chi connectivity index (χ3n) is 3.97. The Hall–Kier alpha value is -0.340. The van der Waals surface area contributed by atoms with Crippen molar-refractivity contribution in [3.8, 4) is 0 Å². The van der Waals surface area contributed by atoms with Gasteiger partial charge in [0.05, 0.1) is 6.61 Å². The Morgan fingerprint density at radius 2 is 1.76 bits per heavy atom. The number of halogens is 1. The van der Waals surface area contributed by atoms with Gasteiger partial charge >= 0.3 is 0 Å². The summed E-state index contributed by atoms with van der Waals surface area (Å²) >= 11 is 3.61. The van der Waals surface area contributed by atoms with Crippen LogP contribution >= 0.6 is 15.9 Å². The summed E-state index contributed by atoms with van der Waals surface area (Å²) in [5.41, 5.74) is 1.28. The van der Waals surface area contributed by atoms with Gasteiger partial charge in [-0.25, -0.2) is 0 Å². The third-order valence-corrected chi connectivity index (χ3v) is 4.69. The van der Waals surface area contributed by atoms with Crippen molar-refractivity contribution in [1.29, 1.82) is 0 Å². The highest BCUT2D eigenvalue weighted by atomic mass is 79.9. The van der Waals surface area contributed by atoms with E-state index >= 15 is 0 Å². The van der Waals surface area contributed by atoms with Crippen LogP contribution in [0.15, 0.2) is 28.7 Å². The molecule has 0 bridgehead atoms.